The average molecular weight is 551 g/mol. The van der Waals surface area contributed by atoms with Gasteiger partial charge in [-0.2, -0.15) is 0 Å². The van der Waals surface area contributed by atoms with Crippen molar-refractivity contribution >= 4 is 45.7 Å². The van der Waals surface area contributed by atoms with Crippen LogP contribution < -0.4 is 17.0 Å². The smallest absolute Gasteiger partial charge is 0.379 e. The summed E-state index contributed by atoms with van der Waals surface area (Å²) in [7, 11) is 0. The number of hydrogen-bond acceptors (Lipinski definition) is 5. The minimum atomic E-state index is -0.523. The summed E-state index contributed by atoms with van der Waals surface area (Å²) in [5, 5.41) is 2.09. The van der Waals surface area contributed by atoms with Crippen molar-refractivity contribution in [3.63, 3.8) is 0 Å². The van der Waals surface area contributed by atoms with Gasteiger partial charge in [0.2, 0.25) is 0 Å². The highest BCUT2D eigenvalue weighted by Gasteiger charge is 2.42. The Labute approximate surface area is 247 Å². The minimum absolute atomic E-state index is 0.523. The van der Waals surface area contributed by atoms with Crippen LogP contribution in [0.1, 0.15) is 0 Å². The molecule has 0 aliphatic carbocycles. The van der Waals surface area contributed by atoms with Crippen molar-refractivity contribution in [3.05, 3.63) is 133 Å². The molecule has 3 aromatic heterocycles. The molecule has 0 fully saturated rings. The average Bonchev–Trinajstić information content (AvgIpc) is 3.61. The topological polar surface area (TPSA) is 65.0 Å². The van der Waals surface area contributed by atoms with Gasteiger partial charge in [0.25, 0.3) is 0 Å². The van der Waals surface area contributed by atoms with Crippen LogP contribution in [0.4, 0.5) is 0 Å². The van der Waals surface area contributed by atoms with Gasteiger partial charge in [-0.3, -0.25) is 0 Å². The molecule has 8 aromatic rings. The maximum Gasteiger partial charge on any atom is 0.379 e. The van der Waals surface area contributed by atoms with Gasteiger partial charge >= 0.3 is 6.71 Å². The van der Waals surface area contributed by atoms with Crippen molar-refractivity contribution in [2.75, 3.05) is 0 Å². The summed E-state index contributed by atoms with van der Waals surface area (Å²) in [6.07, 6.45) is 0. The van der Waals surface area contributed by atoms with Crippen LogP contribution in [0.2, 0.25) is 0 Å². The maximum absolute atomic E-state index is 6.78. The second-order valence-corrected chi connectivity index (χ2v) is 10.7. The van der Waals surface area contributed by atoms with Crippen LogP contribution in [-0.4, -0.2) is 21.7 Å². The van der Waals surface area contributed by atoms with E-state index in [1.54, 1.807) is 0 Å². The fourth-order valence-corrected chi connectivity index (χ4v) is 6.32. The molecule has 0 saturated carbocycles. The summed E-state index contributed by atoms with van der Waals surface area (Å²) in [4.78, 5) is 15.3. The van der Waals surface area contributed by atoms with E-state index in [0.29, 0.717) is 17.4 Å². The van der Waals surface area contributed by atoms with E-state index in [-0.39, 0.29) is 0 Å². The van der Waals surface area contributed by atoms with Crippen LogP contribution in [0.3, 0.4) is 0 Å². The van der Waals surface area contributed by atoms with Crippen LogP contribution >= 0.6 is 0 Å². The van der Waals surface area contributed by atoms with E-state index in [2.05, 4.69) is 48.5 Å². The summed E-state index contributed by atoms with van der Waals surface area (Å²) >= 11 is 0. The number of para-hydroxylation sites is 2. The lowest BCUT2D eigenvalue weighted by molar-refractivity contribution is 0.639. The van der Waals surface area contributed by atoms with Crippen molar-refractivity contribution in [2.45, 2.75) is 0 Å². The molecule has 200 valence electrons. The fourth-order valence-electron chi connectivity index (χ4n) is 6.32. The van der Waals surface area contributed by atoms with Crippen molar-refractivity contribution in [2.24, 2.45) is 0 Å². The molecule has 0 amide bonds. The zero-order valence-corrected chi connectivity index (χ0v) is 22.9. The molecule has 0 radical (unpaired) electrons. The highest BCUT2D eigenvalue weighted by Crippen LogP contribution is 2.41. The Hall–Kier alpha value is -5.75. The summed E-state index contributed by atoms with van der Waals surface area (Å²) in [5.41, 5.74) is 9.80. The third-order valence-corrected chi connectivity index (χ3v) is 8.21. The predicted octanol–water partition coefficient (Wildman–Crippen LogP) is 6.86. The molecule has 0 bridgehead atoms. The number of fused-ring (bicyclic) bond motifs is 9. The van der Waals surface area contributed by atoms with Crippen LogP contribution in [0.25, 0.3) is 67.0 Å². The van der Waals surface area contributed by atoms with Gasteiger partial charge in [-0.1, -0.05) is 121 Å². The third kappa shape index (κ3) is 3.70. The standard InChI is InChI=1S/C37H22BN3O2/c1-3-13-23(14-4-1)35-39-36(24-15-5-2-6-16-24)41-37(40-35)38-33-31(27-19-9-11-21-29(27)42-33)25-17-7-8-18-26(25)32-28-20-10-12-22-30(28)43-34(32)38/h1-22H. The van der Waals surface area contributed by atoms with Gasteiger partial charge in [-0.25, -0.2) is 15.0 Å². The highest BCUT2D eigenvalue weighted by atomic mass is 16.3. The molecule has 0 N–H and O–H groups in total. The van der Waals surface area contributed by atoms with E-state index < -0.39 is 6.71 Å². The van der Waals surface area contributed by atoms with Gasteiger partial charge in [0.1, 0.15) is 16.9 Å². The number of nitrogens with zero attached hydrogens (tertiary/aromatic N) is 3. The second-order valence-electron chi connectivity index (χ2n) is 10.7. The molecule has 43 heavy (non-hydrogen) atoms. The van der Waals surface area contributed by atoms with E-state index in [1.807, 2.05) is 84.9 Å². The first-order chi connectivity index (χ1) is 21.3. The molecular weight excluding hydrogens is 529 g/mol. The van der Waals surface area contributed by atoms with Crippen LogP contribution in [0, 0.1) is 0 Å². The number of benzene rings is 5. The number of furan rings is 2. The summed E-state index contributed by atoms with van der Waals surface area (Å²) in [6.45, 7) is -0.523. The first kappa shape index (κ1) is 23.9. The van der Waals surface area contributed by atoms with Crippen molar-refractivity contribution in [1.82, 2.24) is 15.0 Å². The normalized spacial score (nSPS) is 12.1. The highest BCUT2D eigenvalue weighted by molar-refractivity contribution is 6.95. The van der Waals surface area contributed by atoms with E-state index >= 15 is 0 Å². The predicted molar refractivity (Wildman–Crippen MR) is 172 cm³/mol. The van der Waals surface area contributed by atoms with Crippen LogP contribution in [0.15, 0.2) is 142 Å². The summed E-state index contributed by atoms with van der Waals surface area (Å²) < 4.78 is 13.6. The van der Waals surface area contributed by atoms with Crippen LogP contribution in [-0.2, 0) is 0 Å². The van der Waals surface area contributed by atoms with Gasteiger partial charge in [0.05, 0.1) is 11.3 Å². The van der Waals surface area contributed by atoms with E-state index in [4.69, 9.17) is 23.8 Å². The Morgan fingerprint density at radius 3 is 1.33 bits per heavy atom. The molecule has 0 saturated heterocycles. The first-order valence-corrected chi connectivity index (χ1v) is 14.3. The molecular formula is C37H22BN3O2. The molecule has 1 aliphatic heterocycles. The first-order valence-electron chi connectivity index (χ1n) is 14.3. The monoisotopic (exact) mass is 551 g/mol. The number of aromatic nitrogens is 3. The molecule has 0 unspecified atom stereocenters. The maximum atomic E-state index is 6.78. The number of hydrogen-bond donors (Lipinski definition) is 0. The largest absolute Gasteiger partial charge is 0.469 e. The lowest BCUT2D eigenvalue weighted by atomic mass is 9.43. The molecule has 5 aromatic carbocycles. The number of rotatable bonds is 3. The lowest BCUT2D eigenvalue weighted by Crippen LogP contribution is -2.54. The van der Waals surface area contributed by atoms with Gasteiger partial charge in [-0.15, -0.1) is 0 Å². The second kappa shape index (κ2) is 9.40. The van der Waals surface area contributed by atoms with Crippen LogP contribution in [0.5, 0.6) is 0 Å². The lowest BCUT2D eigenvalue weighted by Gasteiger charge is -2.12. The molecule has 0 atom stereocenters. The van der Waals surface area contributed by atoms with E-state index in [1.165, 1.54) is 0 Å². The Morgan fingerprint density at radius 1 is 0.419 bits per heavy atom. The molecule has 0 spiro atoms. The third-order valence-electron chi connectivity index (χ3n) is 8.21. The quantitative estimate of drug-likeness (QED) is 0.225. The molecule has 6 heteroatoms. The van der Waals surface area contributed by atoms with Crippen molar-refractivity contribution in [3.8, 4) is 45.0 Å². The van der Waals surface area contributed by atoms with Crippen molar-refractivity contribution in [1.29, 1.82) is 0 Å². The van der Waals surface area contributed by atoms with Crippen molar-refractivity contribution < 1.29 is 8.83 Å². The fraction of sp³-hybridized carbons (Fsp3) is 0. The van der Waals surface area contributed by atoms with Gasteiger partial charge in [0.15, 0.2) is 11.6 Å². The Morgan fingerprint density at radius 2 is 0.837 bits per heavy atom. The van der Waals surface area contributed by atoms with Gasteiger partial charge < -0.3 is 8.83 Å². The zero-order valence-electron chi connectivity index (χ0n) is 22.9. The van der Waals surface area contributed by atoms with Gasteiger partial charge in [-0.05, 0) is 23.3 Å². The van der Waals surface area contributed by atoms with E-state index in [9.17, 15) is 0 Å². The van der Waals surface area contributed by atoms with E-state index in [0.717, 1.165) is 66.6 Å². The van der Waals surface area contributed by atoms with Gasteiger partial charge in [0, 0.05) is 33.0 Å². The SMILES string of the molecule is c1ccc(-c2nc(B3c4oc5ccccc5c4-c4ccccc4-c4c3oc3ccccc43)nc(-c3ccccc3)n2)cc1. The molecule has 4 heterocycles. The Bertz CT molecular complexity index is 2150. The molecule has 1 aliphatic rings. The Balaban J connectivity index is 1.42. The summed E-state index contributed by atoms with van der Waals surface area (Å²) in [5.74, 6) is 1.20. The molecule has 5 nitrogen and oxygen atoms in total. The summed E-state index contributed by atoms with van der Waals surface area (Å²) in [6, 6.07) is 45.0. The molecule has 9 rings (SSSR count). The minimum Gasteiger partial charge on any atom is -0.469 e. The Kier molecular flexibility index (Phi) is 5.22. The zero-order chi connectivity index (χ0) is 28.3.